The smallest absolute Gasteiger partial charge is 0.327 e. The summed E-state index contributed by atoms with van der Waals surface area (Å²) < 4.78 is 0.0324. The molecule has 1 fully saturated rings. The van der Waals surface area contributed by atoms with E-state index in [0.29, 0.717) is 15.6 Å². The molecule has 24 heavy (non-hydrogen) atoms. The second kappa shape index (κ2) is 7.52. The highest BCUT2D eigenvalue weighted by molar-refractivity contribution is 8.26. The Kier molecular flexibility index (Phi) is 5.87. The second-order valence-electron chi connectivity index (χ2n) is 4.74. The van der Waals surface area contributed by atoms with Crippen LogP contribution in [-0.4, -0.2) is 38.2 Å². The lowest BCUT2D eigenvalue weighted by molar-refractivity contribution is -0.146. The molecule has 3 N–H and O–H groups in total. The molecule has 1 aliphatic heterocycles. The minimum absolute atomic E-state index is 0.0324. The molecule has 1 aromatic rings. The third-order valence-electron chi connectivity index (χ3n) is 3.06. The molecule has 0 spiro atoms. The van der Waals surface area contributed by atoms with Gasteiger partial charge in [0.1, 0.15) is 10.4 Å². The SMILES string of the molecule is NC(=O)C[C@H](C(=O)O)N1C(=O)/C(=C/c2ccc(Cl)cc2Cl)SC1=S. The van der Waals surface area contributed by atoms with Gasteiger partial charge in [0.2, 0.25) is 5.91 Å². The van der Waals surface area contributed by atoms with Crippen LogP contribution in [0.15, 0.2) is 23.1 Å². The van der Waals surface area contributed by atoms with Gasteiger partial charge >= 0.3 is 5.97 Å². The Labute approximate surface area is 156 Å². The number of thioether (sulfide) groups is 1. The number of aliphatic carboxylic acids is 1. The van der Waals surface area contributed by atoms with Crippen molar-refractivity contribution in [3.8, 4) is 0 Å². The van der Waals surface area contributed by atoms with Gasteiger partial charge in [-0.3, -0.25) is 14.5 Å². The minimum atomic E-state index is -1.44. The van der Waals surface area contributed by atoms with Gasteiger partial charge in [0.05, 0.1) is 11.3 Å². The first-order valence-corrected chi connectivity index (χ1v) is 8.42. The van der Waals surface area contributed by atoms with Gasteiger partial charge in [-0.25, -0.2) is 4.79 Å². The number of carbonyl (C=O) groups is 3. The number of primary amides is 1. The molecule has 0 saturated carbocycles. The number of nitrogens with two attached hydrogens (primary N) is 1. The van der Waals surface area contributed by atoms with E-state index in [4.69, 9.17) is 41.2 Å². The molecule has 1 heterocycles. The van der Waals surface area contributed by atoms with Crippen LogP contribution in [0.4, 0.5) is 0 Å². The van der Waals surface area contributed by atoms with Crippen LogP contribution < -0.4 is 5.73 Å². The molecular formula is C14H10Cl2N2O4S2. The fourth-order valence-corrected chi connectivity index (χ4v) is 3.80. The maximum absolute atomic E-state index is 12.5. The van der Waals surface area contributed by atoms with Gasteiger partial charge in [-0.2, -0.15) is 0 Å². The number of carboxylic acids is 1. The third kappa shape index (κ3) is 4.07. The Morgan fingerprint density at radius 1 is 1.42 bits per heavy atom. The average molecular weight is 405 g/mol. The summed E-state index contributed by atoms with van der Waals surface area (Å²) in [5, 5.41) is 10.0. The van der Waals surface area contributed by atoms with E-state index in [-0.39, 0.29) is 9.23 Å². The van der Waals surface area contributed by atoms with Crippen LogP contribution in [0.3, 0.4) is 0 Å². The van der Waals surface area contributed by atoms with Crippen LogP contribution in [-0.2, 0) is 14.4 Å². The third-order valence-corrected chi connectivity index (χ3v) is 4.96. The van der Waals surface area contributed by atoms with E-state index in [0.717, 1.165) is 16.7 Å². The first-order valence-electron chi connectivity index (χ1n) is 6.44. The Morgan fingerprint density at radius 3 is 2.62 bits per heavy atom. The van der Waals surface area contributed by atoms with Crippen LogP contribution >= 0.6 is 47.2 Å². The maximum Gasteiger partial charge on any atom is 0.327 e. The van der Waals surface area contributed by atoms with Crippen molar-refractivity contribution in [2.45, 2.75) is 12.5 Å². The molecule has 0 aromatic heterocycles. The van der Waals surface area contributed by atoms with Crippen molar-refractivity contribution in [1.82, 2.24) is 4.90 Å². The summed E-state index contributed by atoms with van der Waals surface area (Å²) in [5.74, 6) is -2.83. The molecule has 2 amide bonds. The van der Waals surface area contributed by atoms with E-state index >= 15 is 0 Å². The fourth-order valence-electron chi connectivity index (χ4n) is 1.99. The maximum atomic E-state index is 12.5. The summed E-state index contributed by atoms with van der Waals surface area (Å²) in [5.41, 5.74) is 5.58. The number of amides is 2. The van der Waals surface area contributed by atoms with Gasteiger partial charge < -0.3 is 10.8 Å². The Hall–Kier alpha value is -1.61. The fraction of sp³-hybridized carbons (Fsp3) is 0.143. The van der Waals surface area contributed by atoms with E-state index in [9.17, 15) is 19.5 Å². The van der Waals surface area contributed by atoms with Crippen molar-refractivity contribution >= 4 is 75.4 Å². The summed E-state index contributed by atoms with van der Waals surface area (Å²) in [7, 11) is 0. The van der Waals surface area contributed by atoms with E-state index < -0.39 is 30.2 Å². The van der Waals surface area contributed by atoms with Crippen molar-refractivity contribution < 1.29 is 19.5 Å². The molecule has 126 valence electrons. The molecule has 1 aliphatic rings. The highest BCUT2D eigenvalue weighted by Gasteiger charge is 2.41. The number of carbonyl (C=O) groups excluding carboxylic acids is 2. The van der Waals surface area contributed by atoms with Crippen LogP contribution in [0, 0.1) is 0 Å². The van der Waals surface area contributed by atoms with E-state index in [1.165, 1.54) is 12.1 Å². The number of halogens is 2. The predicted octanol–water partition coefficient (Wildman–Crippen LogP) is 2.52. The van der Waals surface area contributed by atoms with Crippen molar-refractivity contribution in [3.05, 3.63) is 38.7 Å². The largest absolute Gasteiger partial charge is 0.480 e. The zero-order valence-corrected chi connectivity index (χ0v) is 15.0. The zero-order valence-electron chi connectivity index (χ0n) is 11.9. The molecule has 0 aliphatic carbocycles. The molecular weight excluding hydrogens is 395 g/mol. The van der Waals surface area contributed by atoms with E-state index in [1.54, 1.807) is 12.1 Å². The monoisotopic (exact) mass is 404 g/mol. The number of nitrogens with zero attached hydrogens (tertiary/aromatic N) is 1. The molecule has 10 heteroatoms. The second-order valence-corrected chi connectivity index (χ2v) is 7.26. The first kappa shape index (κ1) is 18.7. The van der Waals surface area contributed by atoms with Crippen LogP contribution in [0.25, 0.3) is 6.08 Å². The topological polar surface area (TPSA) is 101 Å². The quantitative estimate of drug-likeness (QED) is 0.577. The van der Waals surface area contributed by atoms with Gasteiger partial charge in [-0.1, -0.05) is 53.2 Å². The molecule has 0 unspecified atom stereocenters. The number of hydrogen-bond acceptors (Lipinski definition) is 5. The summed E-state index contributed by atoms with van der Waals surface area (Å²) in [6.45, 7) is 0. The van der Waals surface area contributed by atoms with Crippen LogP contribution in [0.5, 0.6) is 0 Å². The average Bonchev–Trinajstić information content (AvgIpc) is 2.74. The van der Waals surface area contributed by atoms with E-state index in [1.807, 2.05) is 0 Å². The lowest BCUT2D eigenvalue weighted by atomic mass is 10.1. The summed E-state index contributed by atoms with van der Waals surface area (Å²) in [6.07, 6.45) is 0.956. The van der Waals surface area contributed by atoms with E-state index in [2.05, 4.69) is 0 Å². The van der Waals surface area contributed by atoms with Gasteiger partial charge in [-0.15, -0.1) is 0 Å². The molecule has 6 nitrogen and oxygen atoms in total. The summed E-state index contributed by atoms with van der Waals surface area (Å²) in [6, 6.07) is 3.30. The Bertz CT molecular complexity index is 782. The summed E-state index contributed by atoms with van der Waals surface area (Å²) in [4.78, 5) is 36.0. The van der Waals surface area contributed by atoms with Crippen molar-refractivity contribution in [2.24, 2.45) is 5.73 Å². The number of carboxylic acid groups (broad SMARTS) is 1. The number of hydrogen-bond donors (Lipinski definition) is 2. The standard InChI is InChI=1S/C14H10Cl2N2O4S2/c15-7-2-1-6(8(16)4-7)3-10-12(20)18(14(23)24-10)9(13(21)22)5-11(17)19/h1-4,9H,5H2,(H2,17,19)(H,21,22)/b10-3-/t9-/m1/s1. The molecule has 1 saturated heterocycles. The highest BCUT2D eigenvalue weighted by atomic mass is 35.5. The van der Waals surface area contributed by atoms with Gasteiger partial charge in [0, 0.05) is 10.0 Å². The highest BCUT2D eigenvalue weighted by Crippen LogP contribution is 2.36. The van der Waals surface area contributed by atoms with Crippen molar-refractivity contribution in [1.29, 1.82) is 0 Å². The number of thiocarbonyl (C=S) groups is 1. The molecule has 1 aromatic carbocycles. The van der Waals surface area contributed by atoms with Gasteiger partial charge in [0.15, 0.2) is 0 Å². The van der Waals surface area contributed by atoms with Crippen LogP contribution in [0.2, 0.25) is 10.0 Å². The first-order chi connectivity index (χ1) is 11.2. The Balaban J connectivity index is 2.35. The lowest BCUT2D eigenvalue weighted by Crippen LogP contribution is -2.46. The lowest BCUT2D eigenvalue weighted by Gasteiger charge is -2.21. The summed E-state index contributed by atoms with van der Waals surface area (Å²) >= 11 is 17.9. The van der Waals surface area contributed by atoms with Crippen LogP contribution in [0.1, 0.15) is 12.0 Å². The normalized spacial score (nSPS) is 17.4. The minimum Gasteiger partial charge on any atom is -0.480 e. The predicted molar refractivity (Wildman–Crippen MR) is 96.7 cm³/mol. The number of benzene rings is 1. The van der Waals surface area contributed by atoms with Gasteiger partial charge in [0.25, 0.3) is 5.91 Å². The van der Waals surface area contributed by atoms with Crippen molar-refractivity contribution in [3.63, 3.8) is 0 Å². The van der Waals surface area contributed by atoms with Gasteiger partial charge in [-0.05, 0) is 23.8 Å². The molecule has 1 atom stereocenters. The molecule has 0 radical (unpaired) electrons. The number of rotatable bonds is 5. The Morgan fingerprint density at radius 2 is 2.08 bits per heavy atom. The zero-order chi connectivity index (χ0) is 18.0. The molecule has 0 bridgehead atoms. The molecule has 2 rings (SSSR count). The van der Waals surface area contributed by atoms with Crippen molar-refractivity contribution in [2.75, 3.05) is 0 Å².